The topological polar surface area (TPSA) is 0 Å². The second kappa shape index (κ2) is 4.43. The van der Waals surface area contributed by atoms with Crippen LogP contribution in [0.2, 0.25) is 0 Å². The molecule has 0 aromatic heterocycles. The summed E-state index contributed by atoms with van der Waals surface area (Å²) >= 11 is 3.60. The van der Waals surface area contributed by atoms with E-state index in [-0.39, 0.29) is 11.2 Å². The zero-order valence-corrected chi connectivity index (χ0v) is 10.4. The quantitative estimate of drug-likeness (QED) is 0.699. The summed E-state index contributed by atoms with van der Waals surface area (Å²) in [5.41, 5.74) is 0.937. The van der Waals surface area contributed by atoms with Crippen LogP contribution in [0.4, 0.5) is 4.39 Å². The van der Waals surface area contributed by atoms with E-state index in [9.17, 15) is 4.39 Å². The predicted octanol–water partition coefficient (Wildman–Crippen LogP) is 4.18. The molecule has 1 atom stereocenters. The molecule has 1 aromatic carbocycles. The maximum Gasteiger partial charge on any atom is 0.126 e. The van der Waals surface area contributed by atoms with Crippen LogP contribution in [0.1, 0.15) is 26.3 Å². The molecule has 1 rings (SSSR count). The van der Waals surface area contributed by atoms with Crippen LogP contribution >= 0.6 is 15.9 Å². The molecule has 0 aliphatic rings. The molecule has 2 heteroatoms. The Bertz CT molecular complexity index is 301. The van der Waals surface area contributed by atoms with Gasteiger partial charge in [0.1, 0.15) is 5.82 Å². The van der Waals surface area contributed by atoms with E-state index in [4.69, 9.17) is 0 Å². The van der Waals surface area contributed by atoms with Crippen molar-refractivity contribution in [2.24, 2.45) is 5.41 Å². The number of hydrogen-bond donors (Lipinski definition) is 0. The van der Waals surface area contributed by atoms with E-state index in [2.05, 4.69) is 36.7 Å². The summed E-state index contributed by atoms with van der Waals surface area (Å²) in [5.74, 6) is -0.110. The van der Waals surface area contributed by atoms with Gasteiger partial charge in [0.2, 0.25) is 0 Å². The van der Waals surface area contributed by atoms with Gasteiger partial charge in [-0.15, -0.1) is 0 Å². The van der Waals surface area contributed by atoms with Crippen molar-refractivity contribution >= 4 is 15.9 Å². The minimum Gasteiger partial charge on any atom is -0.207 e. The largest absolute Gasteiger partial charge is 0.207 e. The van der Waals surface area contributed by atoms with Crippen LogP contribution in [-0.4, -0.2) is 4.83 Å². The Balaban J connectivity index is 2.75. The molecule has 0 aliphatic carbocycles. The maximum atomic E-state index is 13.3. The SMILES string of the molecule is CC(C)(C)C(Br)Cc1ccccc1F. The molecule has 0 amide bonds. The third-order valence-corrected chi connectivity index (χ3v) is 3.99. The van der Waals surface area contributed by atoms with Gasteiger partial charge in [-0.2, -0.15) is 0 Å². The molecule has 0 radical (unpaired) electrons. The summed E-state index contributed by atoms with van der Waals surface area (Å²) in [4.78, 5) is 0.298. The van der Waals surface area contributed by atoms with Crippen LogP contribution in [0.15, 0.2) is 24.3 Å². The second-order valence-electron chi connectivity index (χ2n) is 4.63. The van der Waals surface area contributed by atoms with Crippen LogP contribution in [0.3, 0.4) is 0 Å². The Kier molecular flexibility index (Phi) is 3.71. The Morgan fingerprint density at radius 1 is 1.29 bits per heavy atom. The van der Waals surface area contributed by atoms with Crippen molar-refractivity contribution in [3.8, 4) is 0 Å². The number of halogens is 2. The number of rotatable bonds is 2. The lowest BCUT2D eigenvalue weighted by Crippen LogP contribution is -2.22. The molecule has 0 bridgehead atoms. The number of benzene rings is 1. The smallest absolute Gasteiger partial charge is 0.126 e. The maximum absolute atomic E-state index is 13.3. The Morgan fingerprint density at radius 2 is 1.86 bits per heavy atom. The van der Waals surface area contributed by atoms with Crippen molar-refractivity contribution in [1.82, 2.24) is 0 Å². The summed E-state index contributed by atoms with van der Waals surface area (Å²) in [5, 5.41) is 0. The molecule has 14 heavy (non-hydrogen) atoms. The highest BCUT2D eigenvalue weighted by Gasteiger charge is 2.22. The summed E-state index contributed by atoms with van der Waals surface area (Å²) in [6, 6.07) is 6.95. The van der Waals surface area contributed by atoms with Crippen LogP contribution < -0.4 is 0 Å². The molecule has 0 fully saturated rings. The first-order chi connectivity index (χ1) is 6.41. The van der Waals surface area contributed by atoms with E-state index in [0.717, 1.165) is 12.0 Å². The van der Waals surface area contributed by atoms with Gasteiger partial charge in [0.15, 0.2) is 0 Å². The molecule has 0 saturated carbocycles. The van der Waals surface area contributed by atoms with Gasteiger partial charge in [-0.25, -0.2) is 4.39 Å². The fraction of sp³-hybridized carbons (Fsp3) is 0.500. The summed E-state index contributed by atoms with van der Waals surface area (Å²) in [6.45, 7) is 6.44. The summed E-state index contributed by atoms with van der Waals surface area (Å²) < 4.78 is 13.3. The highest BCUT2D eigenvalue weighted by molar-refractivity contribution is 9.09. The van der Waals surface area contributed by atoms with Crippen LogP contribution in [0.25, 0.3) is 0 Å². The van der Waals surface area contributed by atoms with Gasteiger partial charge in [0, 0.05) is 4.83 Å². The zero-order chi connectivity index (χ0) is 10.8. The molecular formula is C12H16BrF. The molecule has 1 aromatic rings. The third-order valence-electron chi connectivity index (χ3n) is 2.30. The normalized spacial score (nSPS) is 14.1. The molecule has 0 spiro atoms. The standard InChI is InChI=1S/C12H16BrF/c1-12(2,3)11(13)8-9-6-4-5-7-10(9)14/h4-7,11H,8H2,1-3H3. The van der Waals surface area contributed by atoms with Crippen molar-refractivity contribution in [3.05, 3.63) is 35.6 Å². The van der Waals surface area contributed by atoms with Crippen molar-refractivity contribution in [2.75, 3.05) is 0 Å². The molecule has 0 N–H and O–H groups in total. The van der Waals surface area contributed by atoms with E-state index in [1.165, 1.54) is 6.07 Å². The van der Waals surface area contributed by atoms with Crippen molar-refractivity contribution in [1.29, 1.82) is 0 Å². The van der Waals surface area contributed by atoms with Gasteiger partial charge in [0.05, 0.1) is 0 Å². The van der Waals surface area contributed by atoms with Crippen LogP contribution in [-0.2, 0) is 6.42 Å². The first-order valence-electron chi connectivity index (χ1n) is 4.79. The van der Waals surface area contributed by atoms with Crippen molar-refractivity contribution in [2.45, 2.75) is 32.0 Å². The predicted molar refractivity (Wildman–Crippen MR) is 62.3 cm³/mol. The zero-order valence-electron chi connectivity index (χ0n) is 8.85. The van der Waals surface area contributed by atoms with Crippen molar-refractivity contribution < 1.29 is 4.39 Å². The fourth-order valence-electron chi connectivity index (χ4n) is 1.16. The van der Waals surface area contributed by atoms with E-state index in [1.807, 2.05) is 12.1 Å². The van der Waals surface area contributed by atoms with E-state index < -0.39 is 0 Å². The number of hydrogen-bond acceptors (Lipinski definition) is 0. The molecule has 1 unspecified atom stereocenters. The van der Waals surface area contributed by atoms with Crippen molar-refractivity contribution in [3.63, 3.8) is 0 Å². The second-order valence-corrected chi connectivity index (χ2v) is 5.73. The van der Waals surface area contributed by atoms with Crippen LogP contribution in [0.5, 0.6) is 0 Å². The van der Waals surface area contributed by atoms with Gasteiger partial charge in [-0.05, 0) is 23.5 Å². The average Bonchev–Trinajstić information content (AvgIpc) is 2.07. The molecule has 0 saturated heterocycles. The lowest BCUT2D eigenvalue weighted by Gasteiger charge is -2.25. The molecule has 0 aliphatic heterocycles. The highest BCUT2D eigenvalue weighted by Crippen LogP contribution is 2.29. The minimum atomic E-state index is -0.110. The monoisotopic (exact) mass is 258 g/mol. The van der Waals surface area contributed by atoms with Gasteiger partial charge in [-0.1, -0.05) is 54.9 Å². The van der Waals surface area contributed by atoms with Crippen LogP contribution in [0, 0.1) is 11.2 Å². The molecular weight excluding hydrogens is 243 g/mol. The Hall–Kier alpha value is -0.370. The van der Waals surface area contributed by atoms with E-state index in [1.54, 1.807) is 6.07 Å². The van der Waals surface area contributed by atoms with Gasteiger partial charge in [0.25, 0.3) is 0 Å². The molecule has 78 valence electrons. The average molecular weight is 259 g/mol. The highest BCUT2D eigenvalue weighted by atomic mass is 79.9. The Labute approximate surface area is 93.7 Å². The molecule has 0 heterocycles. The lowest BCUT2D eigenvalue weighted by atomic mass is 9.88. The van der Waals surface area contributed by atoms with E-state index in [0.29, 0.717) is 4.83 Å². The number of alkyl halides is 1. The van der Waals surface area contributed by atoms with Gasteiger partial charge in [-0.3, -0.25) is 0 Å². The molecule has 0 nitrogen and oxygen atoms in total. The fourth-order valence-corrected chi connectivity index (χ4v) is 1.51. The third kappa shape index (κ3) is 3.09. The van der Waals surface area contributed by atoms with E-state index >= 15 is 0 Å². The lowest BCUT2D eigenvalue weighted by molar-refractivity contribution is 0.395. The first kappa shape index (κ1) is 11.7. The Morgan fingerprint density at radius 3 is 2.36 bits per heavy atom. The summed E-state index contributed by atoms with van der Waals surface area (Å²) in [6.07, 6.45) is 0.732. The first-order valence-corrected chi connectivity index (χ1v) is 5.70. The summed E-state index contributed by atoms with van der Waals surface area (Å²) in [7, 11) is 0. The van der Waals surface area contributed by atoms with Gasteiger partial charge >= 0.3 is 0 Å². The van der Waals surface area contributed by atoms with Gasteiger partial charge < -0.3 is 0 Å². The minimum absolute atomic E-state index is 0.110.